The van der Waals surface area contributed by atoms with Crippen molar-refractivity contribution < 1.29 is 4.39 Å². The van der Waals surface area contributed by atoms with Crippen LogP contribution in [0.4, 0.5) is 10.1 Å². The minimum atomic E-state index is -0.334. The Labute approximate surface area is 145 Å². The number of hydrogen-bond donors (Lipinski definition) is 1. The smallest absolute Gasteiger partial charge is 0.280 e. The number of aromatic nitrogens is 2. The van der Waals surface area contributed by atoms with Gasteiger partial charge in [-0.05, 0) is 49.7 Å². The van der Waals surface area contributed by atoms with Gasteiger partial charge in [-0.1, -0.05) is 31.5 Å². The summed E-state index contributed by atoms with van der Waals surface area (Å²) in [4.78, 5) is 17.5. The van der Waals surface area contributed by atoms with Gasteiger partial charge in [0.25, 0.3) is 5.56 Å². The van der Waals surface area contributed by atoms with Crippen molar-refractivity contribution in [1.29, 1.82) is 0 Å². The van der Waals surface area contributed by atoms with E-state index in [1.165, 1.54) is 16.8 Å². The summed E-state index contributed by atoms with van der Waals surface area (Å²) < 4.78 is 14.6. The number of hydrogen-bond acceptors (Lipinski definition) is 2. The fraction of sp³-hybridized carbons (Fsp3) is 0.200. The number of aliphatic imine (C=N–C) groups is 1. The average Bonchev–Trinajstić information content (AvgIpc) is 2.93. The molecule has 0 spiro atoms. The zero-order valence-corrected chi connectivity index (χ0v) is 14.3. The van der Waals surface area contributed by atoms with Crippen molar-refractivity contribution in [2.75, 3.05) is 0 Å². The third-order valence-electron chi connectivity index (χ3n) is 3.97. The molecule has 1 aromatic heterocycles. The van der Waals surface area contributed by atoms with Gasteiger partial charge >= 0.3 is 0 Å². The molecule has 4 nitrogen and oxygen atoms in total. The quantitative estimate of drug-likeness (QED) is 0.689. The van der Waals surface area contributed by atoms with Gasteiger partial charge in [-0.25, -0.2) is 9.07 Å². The van der Waals surface area contributed by atoms with Gasteiger partial charge in [-0.15, -0.1) is 0 Å². The first kappa shape index (κ1) is 16.9. The van der Waals surface area contributed by atoms with Gasteiger partial charge in [-0.2, -0.15) is 0 Å². The molecule has 0 aliphatic heterocycles. The van der Waals surface area contributed by atoms with Crippen LogP contribution in [0.15, 0.2) is 64.4 Å². The van der Waals surface area contributed by atoms with Crippen LogP contribution in [0.3, 0.4) is 0 Å². The Kier molecular flexibility index (Phi) is 4.93. The standard InChI is InChI=1S/C20H20FN3O/c1-3-7-18-19(14(2)22-16-8-5-4-6-9-16)20(25)24(23-18)17-12-10-15(21)11-13-17/h4-6,8-13,23H,3,7H2,1-2H3. The molecule has 0 atom stereocenters. The van der Waals surface area contributed by atoms with Crippen LogP contribution >= 0.6 is 0 Å². The molecule has 5 heteroatoms. The van der Waals surface area contributed by atoms with Crippen molar-refractivity contribution in [3.63, 3.8) is 0 Å². The van der Waals surface area contributed by atoms with Gasteiger partial charge in [-0.3, -0.25) is 14.9 Å². The van der Waals surface area contributed by atoms with E-state index in [2.05, 4.69) is 17.0 Å². The Balaban J connectivity index is 2.11. The second kappa shape index (κ2) is 7.30. The zero-order chi connectivity index (χ0) is 17.8. The lowest BCUT2D eigenvalue weighted by Crippen LogP contribution is -2.19. The monoisotopic (exact) mass is 337 g/mol. The molecule has 0 unspecified atom stereocenters. The van der Waals surface area contributed by atoms with E-state index in [9.17, 15) is 9.18 Å². The van der Waals surface area contributed by atoms with Gasteiger partial charge in [0.05, 0.1) is 22.6 Å². The van der Waals surface area contributed by atoms with E-state index in [4.69, 9.17) is 0 Å². The van der Waals surface area contributed by atoms with Crippen LogP contribution < -0.4 is 5.56 Å². The molecule has 3 aromatic rings. The molecule has 0 amide bonds. The maximum absolute atomic E-state index is 13.2. The minimum Gasteiger partial charge on any atom is -0.294 e. The molecule has 0 saturated heterocycles. The first-order valence-electron chi connectivity index (χ1n) is 8.30. The zero-order valence-electron chi connectivity index (χ0n) is 14.3. The van der Waals surface area contributed by atoms with Crippen molar-refractivity contribution >= 4 is 11.4 Å². The van der Waals surface area contributed by atoms with E-state index in [-0.39, 0.29) is 11.4 Å². The summed E-state index contributed by atoms with van der Waals surface area (Å²) in [5, 5.41) is 3.15. The fourth-order valence-electron chi connectivity index (χ4n) is 2.81. The van der Waals surface area contributed by atoms with Crippen molar-refractivity contribution in [2.24, 2.45) is 4.99 Å². The predicted octanol–water partition coefficient (Wildman–Crippen LogP) is 4.40. The molecule has 128 valence electrons. The highest BCUT2D eigenvalue weighted by Crippen LogP contribution is 2.15. The van der Waals surface area contributed by atoms with Gasteiger partial charge in [0, 0.05) is 5.69 Å². The topological polar surface area (TPSA) is 50.1 Å². The van der Waals surface area contributed by atoms with Crippen molar-refractivity contribution in [3.8, 4) is 5.69 Å². The third kappa shape index (κ3) is 3.60. The molecule has 0 saturated carbocycles. The summed E-state index contributed by atoms with van der Waals surface area (Å²) in [6.07, 6.45) is 1.63. The molecule has 2 aromatic carbocycles. The van der Waals surface area contributed by atoms with Gasteiger partial charge in [0.2, 0.25) is 0 Å². The molecule has 1 heterocycles. The highest BCUT2D eigenvalue weighted by molar-refractivity contribution is 6.01. The van der Waals surface area contributed by atoms with E-state index in [1.54, 1.807) is 12.1 Å². The molecule has 0 bridgehead atoms. The van der Waals surface area contributed by atoms with Gasteiger partial charge in [0.15, 0.2) is 0 Å². The van der Waals surface area contributed by atoms with Crippen LogP contribution in [0.25, 0.3) is 5.69 Å². The van der Waals surface area contributed by atoms with E-state index in [0.29, 0.717) is 17.0 Å². The molecular weight excluding hydrogens is 317 g/mol. The van der Waals surface area contributed by atoms with E-state index in [0.717, 1.165) is 24.2 Å². The number of nitrogens with zero attached hydrogens (tertiary/aromatic N) is 2. The average molecular weight is 337 g/mol. The van der Waals surface area contributed by atoms with Crippen molar-refractivity contribution in [1.82, 2.24) is 9.78 Å². The summed E-state index contributed by atoms with van der Waals surface area (Å²) in [6.45, 7) is 3.90. The Morgan fingerprint density at radius 3 is 2.44 bits per heavy atom. The number of nitrogens with one attached hydrogen (secondary N) is 1. The number of aryl methyl sites for hydroxylation is 1. The fourth-order valence-corrected chi connectivity index (χ4v) is 2.81. The normalized spacial score (nSPS) is 11.7. The molecule has 0 fully saturated rings. The van der Waals surface area contributed by atoms with Crippen LogP contribution in [0, 0.1) is 5.82 Å². The van der Waals surface area contributed by atoms with Crippen molar-refractivity contribution in [3.05, 3.63) is 82.0 Å². The van der Waals surface area contributed by atoms with E-state index < -0.39 is 0 Å². The maximum atomic E-state index is 13.2. The van der Waals surface area contributed by atoms with Crippen LogP contribution in [-0.2, 0) is 6.42 Å². The lowest BCUT2D eigenvalue weighted by molar-refractivity contribution is 0.626. The Morgan fingerprint density at radius 1 is 1.12 bits per heavy atom. The lowest BCUT2D eigenvalue weighted by Gasteiger charge is -2.01. The first-order chi connectivity index (χ1) is 12.1. The highest BCUT2D eigenvalue weighted by Gasteiger charge is 2.17. The van der Waals surface area contributed by atoms with Gasteiger partial charge in [0.1, 0.15) is 5.82 Å². The number of aromatic amines is 1. The minimum absolute atomic E-state index is 0.174. The summed E-state index contributed by atoms with van der Waals surface area (Å²) in [6, 6.07) is 15.4. The molecule has 0 radical (unpaired) electrons. The molecule has 0 aliphatic rings. The Morgan fingerprint density at radius 2 is 1.80 bits per heavy atom. The molecule has 1 N–H and O–H groups in total. The number of benzene rings is 2. The summed E-state index contributed by atoms with van der Waals surface area (Å²) in [7, 11) is 0. The number of rotatable bonds is 5. The number of H-pyrrole nitrogens is 1. The number of halogens is 1. The highest BCUT2D eigenvalue weighted by atomic mass is 19.1. The summed E-state index contributed by atoms with van der Waals surface area (Å²) in [5.74, 6) is -0.334. The SMILES string of the molecule is CCCc1[nH]n(-c2ccc(F)cc2)c(=O)c1C(C)=Nc1ccccc1. The van der Waals surface area contributed by atoms with E-state index >= 15 is 0 Å². The molecule has 25 heavy (non-hydrogen) atoms. The van der Waals surface area contributed by atoms with Crippen molar-refractivity contribution in [2.45, 2.75) is 26.7 Å². The molecule has 0 aliphatic carbocycles. The molecule has 3 rings (SSSR count). The van der Waals surface area contributed by atoms with Gasteiger partial charge < -0.3 is 0 Å². The van der Waals surface area contributed by atoms with Crippen LogP contribution in [0.5, 0.6) is 0 Å². The first-order valence-corrected chi connectivity index (χ1v) is 8.30. The van der Waals surface area contributed by atoms with E-state index in [1.807, 2.05) is 37.3 Å². The van der Waals surface area contributed by atoms with Crippen LogP contribution in [-0.4, -0.2) is 15.5 Å². The lowest BCUT2D eigenvalue weighted by atomic mass is 10.1. The summed E-state index contributed by atoms with van der Waals surface area (Å²) in [5.41, 5.74) is 3.31. The Bertz CT molecular complexity index is 937. The second-order valence-electron chi connectivity index (χ2n) is 5.87. The number of para-hydroxylation sites is 1. The summed E-state index contributed by atoms with van der Waals surface area (Å²) >= 11 is 0. The maximum Gasteiger partial charge on any atom is 0.280 e. The van der Waals surface area contributed by atoms with Crippen LogP contribution in [0.2, 0.25) is 0 Å². The predicted molar refractivity (Wildman–Crippen MR) is 98.7 cm³/mol. The second-order valence-corrected chi connectivity index (χ2v) is 5.87. The Hall–Kier alpha value is -2.95. The molecular formula is C20H20FN3O. The largest absolute Gasteiger partial charge is 0.294 e. The third-order valence-corrected chi connectivity index (χ3v) is 3.97. The van der Waals surface area contributed by atoms with Crippen LogP contribution in [0.1, 0.15) is 31.5 Å².